The predicted molar refractivity (Wildman–Crippen MR) is 87.3 cm³/mol. The largest absolute Gasteiger partial charge is 0.444 e. The summed E-state index contributed by atoms with van der Waals surface area (Å²) >= 11 is 0. The molecule has 0 radical (unpaired) electrons. The van der Waals surface area contributed by atoms with Gasteiger partial charge in [-0.05, 0) is 50.5 Å². The van der Waals surface area contributed by atoms with E-state index in [1.807, 2.05) is 39.0 Å². The number of carbonyl (C=O) groups excluding carboxylic acids is 2. The molecule has 6 heteroatoms. The monoisotopic (exact) mass is 317 g/mol. The van der Waals surface area contributed by atoms with Crippen molar-refractivity contribution >= 4 is 17.8 Å². The Hall–Kier alpha value is -2.24. The maximum Gasteiger partial charge on any atom is 0.410 e. The van der Waals surface area contributed by atoms with Gasteiger partial charge in [-0.2, -0.15) is 0 Å². The molecule has 2 aliphatic rings. The quantitative estimate of drug-likeness (QED) is 0.866. The average Bonchev–Trinajstić information content (AvgIpc) is 2.89. The van der Waals surface area contributed by atoms with Crippen LogP contribution < -0.4 is 10.2 Å². The molecule has 0 bridgehead atoms. The normalized spacial score (nSPS) is 17.8. The van der Waals surface area contributed by atoms with Gasteiger partial charge in [0.2, 0.25) is 0 Å². The minimum Gasteiger partial charge on any atom is -0.444 e. The maximum absolute atomic E-state index is 12.2. The van der Waals surface area contributed by atoms with Crippen LogP contribution in [0.15, 0.2) is 18.2 Å². The van der Waals surface area contributed by atoms with Crippen molar-refractivity contribution in [3.05, 3.63) is 29.3 Å². The van der Waals surface area contributed by atoms with Crippen LogP contribution in [-0.4, -0.2) is 35.7 Å². The second-order valence-corrected chi connectivity index (χ2v) is 7.03. The Balaban J connectivity index is 1.73. The number of ether oxygens (including phenoxy) is 1. The fourth-order valence-corrected chi connectivity index (χ4v) is 2.88. The lowest BCUT2D eigenvalue weighted by Gasteiger charge is -2.27. The molecule has 0 aromatic heterocycles. The number of nitrogens with one attached hydrogen (secondary N) is 1. The number of nitrogens with zero attached hydrogens (tertiary/aromatic N) is 2. The Bertz CT molecular complexity index is 636. The van der Waals surface area contributed by atoms with E-state index in [0.29, 0.717) is 13.1 Å². The lowest BCUT2D eigenvalue weighted by molar-refractivity contribution is 0.0242. The van der Waals surface area contributed by atoms with Gasteiger partial charge in [0, 0.05) is 31.9 Å². The number of amides is 3. The number of rotatable bonds is 1. The second kappa shape index (κ2) is 5.76. The molecule has 1 aromatic rings. The first-order valence-corrected chi connectivity index (χ1v) is 7.98. The smallest absolute Gasteiger partial charge is 0.410 e. The van der Waals surface area contributed by atoms with Gasteiger partial charge in [-0.15, -0.1) is 0 Å². The van der Waals surface area contributed by atoms with Crippen LogP contribution in [0.25, 0.3) is 0 Å². The molecule has 124 valence electrons. The first kappa shape index (κ1) is 15.6. The standard InChI is InChI=1S/C17H23N3O3/c1-17(2,3)23-16(22)19-10-12-5-6-14(9-13(12)11-19)20-8-4-7-18-15(20)21/h5-6,9H,4,7-8,10-11H2,1-3H3,(H,18,21). The summed E-state index contributed by atoms with van der Waals surface area (Å²) in [6.45, 7) is 8.11. The third kappa shape index (κ3) is 3.41. The van der Waals surface area contributed by atoms with E-state index in [9.17, 15) is 9.59 Å². The summed E-state index contributed by atoms with van der Waals surface area (Å²) in [4.78, 5) is 27.6. The molecule has 6 nitrogen and oxygen atoms in total. The molecule has 0 saturated carbocycles. The molecule has 1 N–H and O–H groups in total. The number of benzene rings is 1. The summed E-state index contributed by atoms with van der Waals surface area (Å²) < 4.78 is 5.43. The van der Waals surface area contributed by atoms with E-state index in [2.05, 4.69) is 5.32 Å². The number of anilines is 1. The van der Waals surface area contributed by atoms with Gasteiger partial charge in [0.05, 0.1) is 0 Å². The van der Waals surface area contributed by atoms with Crippen molar-refractivity contribution in [2.45, 2.75) is 45.9 Å². The van der Waals surface area contributed by atoms with Gasteiger partial charge in [-0.3, -0.25) is 9.80 Å². The van der Waals surface area contributed by atoms with Crippen LogP contribution in [0.2, 0.25) is 0 Å². The molecule has 1 fully saturated rings. The van der Waals surface area contributed by atoms with Gasteiger partial charge in [0.25, 0.3) is 0 Å². The number of carbonyl (C=O) groups is 2. The number of hydrogen-bond donors (Lipinski definition) is 1. The van der Waals surface area contributed by atoms with Gasteiger partial charge < -0.3 is 10.1 Å². The predicted octanol–water partition coefficient (Wildman–Crippen LogP) is 2.86. The molecule has 3 amide bonds. The van der Waals surface area contributed by atoms with Gasteiger partial charge in [-0.1, -0.05) is 6.07 Å². The maximum atomic E-state index is 12.2. The zero-order valence-electron chi connectivity index (χ0n) is 13.9. The highest BCUT2D eigenvalue weighted by Gasteiger charge is 2.29. The summed E-state index contributed by atoms with van der Waals surface area (Å²) in [7, 11) is 0. The van der Waals surface area contributed by atoms with Crippen molar-refractivity contribution < 1.29 is 14.3 Å². The molecule has 1 saturated heterocycles. The molecule has 3 rings (SSSR count). The molecule has 0 unspecified atom stereocenters. The van der Waals surface area contributed by atoms with E-state index in [1.54, 1.807) is 9.80 Å². The minimum absolute atomic E-state index is 0.0572. The zero-order valence-corrected chi connectivity index (χ0v) is 13.9. The van der Waals surface area contributed by atoms with Gasteiger partial charge in [-0.25, -0.2) is 9.59 Å². The fourth-order valence-electron chi connectivity index (χ4n) is 2.88. The van der Waals surface area contributed by atoms with Crippen LogP contribution in [0.5, 0.6) is 0 Å². The number of hydrogen-bond acceptors (Lipinski definition) is 3. The van der Waals surface area contributed by atoms with E-state index in [4.69, 9.17) is 4.74 Å². The van der Waals surface area contributed by atoms with Crippen LogP contribution in [0, 0.1) is 0 Å². The van der Waals surface area contributed by atoms with Crippen molar-refractivity contribution in [2.24, 2.45) is 0 Å². The van der Waals surface area contributed by atoms with Crippen molar-refractivity contribution in [2.75, 3.05) is 18.0 Å². The molecular formula is C17H23N3O3. The highest BCUT2D eigenvalue weighted by atomic mass is 16.6. The van der Waals surface area contributed by atoms with Crippen molar-refractivity contribution in [3.63, 3.8) is 0 Å². The minimum atomic E-state index is -0.497. The van der Waals surface area contributed by atoms with Crippen molar-refractivity contribution in [3.8, 4) is 0 Å². The molecule has 0 atom stereocenters. The van der Waals surface area contributed by atoms with Crippen LogP contribution in [0.3, 0.4) is 0 Å². The first-order chi connectivity index (χ1) is 10.8. The topological polar surface area (TPSA) is 61.9 Å². The Morgan fingerprint density at radius 1 is 1.22 bits per heavy atom. The van der Waals surface area contributed by atoms with E-state index in [-0.39, 0.29) is 12.1 Å². The fraction of sp³-hybridized carbons (Fsp3) is 0.529. The zero-order chi connectivity index (χ0) is 16.6. The van der Waals surface area contributed by atoms with E-state index in [0.717, 1.165) is 36.3 Å². The molecule has 0 aliphatic carbocycles. The Labute approximate surface area is 136 Å². The first-order valence-electron chi connectivity index (χ1n) is 7.98. The highest BCUT2D eigenvalue weighted by molar-refractivity contribution is 5.92. The lowest BCUT2D eigenvalue weighted by Crippen LogP contribution is -2.46. The summed E-state index contributed by atoms with van der Waals surface area (Å²) in [5.41, 5.74) is 2.57. The molecular weight excluding hydrogens is 294 g/mol. The summed E-state index contributed by atoms with van der Waals surface area (Å²) in [5, 5.41) is 2.85. The highest BCUT2D eigenvalue weighted by Crippen LogP contribution is 2.29. The van der Waals surface area contributed by atoms with Gasteiger partial charge in [0.15, 0.2) is 0 Å². The van der Waals surface area contributed by atoms with E-state index >= 15 is 0 Å². The van der Waals surface area contributed by atoms with Crippen LogP contribution in [0.1, 0.15) is 38.3 Å². The second-order valence-electron chi connectivity index (χ2n) is 7.03. The Morgan fingerprint density at radius 3 is 2.65 bits per heavy atom. The summed E-state index contributed by atoms with van der Waals surface area (Å²) in [5.74, 6) is 0. The Morgan fingerprint density at radius 2 is 1.96 bits per heavy atom. The van der Waals surface area contributed by atoms with Crippen LogP contribution >= 0.6 is 0 Å². The SMILES string of the molecule is CC(C)(C)OC(=O)N1Cc2ccc(N3CCCNC3=O)cc2C1. The average molecular weight is 317 g/mol. The van der Waals surface area contributed by atoms with E-state index in [1.165, 1.54) is 0 Å². The number of urea groups is 1. The number of fused-ring (bicyclic) bond motifs is 1. The Kier molecular flexibility index (Phi) is 3.92. The molecule has 2 aliphatic heterocycles. The third-order valence-electron chi connectivity index (χ3n) is 3.96. The van der Waals surface area contributed by atoms with Crippen molar-refractivity contribution in [1.82, 2.24) is 10.2 Å². The van der Waals surface area contributed by atoms with Crippen molar-refractivity contribution in [1.29, 1.82) is 0 Å². The molecule has 0 spiro atoms. The van der Waals surface area contributed by atoms with E-state index < -0.39 is 5.60 Å². The van der Waals surface area contributed by atoms with Gasteiger partial charge >= 0.3 is 12.1 Å². The molecule has 1 aromatic carbocycles. The van der Waals surface area contributed by atoms with Crippen LogP contribution in [0.4, 0.5) is 15.3 Å². The molecule has 2 heterocycles. The van der Waals surface area contributed by atoms with Gasteiger partial charge in [0.1, 0.15) is 5.60 Å². The summed E-state index contributed by atoms with van der Waals surface area (Å²) in [6.07, 6.45) is 0.637. The lowest BCUT2D eigenvalue weighted by atomic mass is 10.1. The third-order valence-corrected chi connectivity index (χ3v) is 3.96. The van der Waals surface area contributed by atoms with Crippen LogP contribution in [-0.2, 0) is 17.8 Å². The summed E-state index contributed by atoms with van der Waals surface area (Å²) in [6, 6.07) is 5.89. The molecule has 23 heavy (non-hydrogen) atoms.